The number of anilines is 1. The number of hydrogen-bond acceptors (Lipinski definition) is 5. The van der Waals surface area contributed by atoms with Crippen LogP contribution in [0.5, 0.6) is 0 Å². The number of aryl methyl sites for hydroxylation is 1. The Morgan fingerprint density at radius 3 is 2.87 bits per heavy atom. The summed E-state index contributed by atoms with van der Waals surface area (Å²) in [5.74, 6) is 0.262. The molecule has 0 saturated carbocycles. The molecule has 0 aromatic carbocycles. The van der Waals surface area contributed by atoms with Crippen molar-refractivity contribution in [2.24, 2.45) is 7.05 Å². The van der Waals surface area contributed by atoms with Crippen molar-refractivity contribution in [2.75, 3.05) is 5.73 Å². The van der Waals surface area contributed by atoms with Gasteiger partial charge in [0, 0.05) is 7.05 Å². The first-order chi connectivity index (χ1) is 7.18. The summed E-state index contributed by atoms with van der Waals surface area (Å²) in [4.78, 5) is 19.6. The number of carbonyl (C=O) groups is 1. The summed E-state index contributed by atoms with van der Waals surface area (Å²) in [6.45, 7) is 0. The third-order valence-electron chi connectivity index (χ3n) is 1.92. The van der Waals surface area contributed by atoms with Crippen molar-refractivity contribution in [3.63, 3.8) is 0 Å². The van der Waals surface area contributed by atoms with E-state index in [0.29, 0.717) is 5.82 Å². The molecule has 2 aromatic rings. The Kier molecular flexibility index (Phi) is 2.17. The minimum Gasteiger partial charge on any atom is -0.384 e. The molecule has 0 saturated heterocycles. The van der Waals surface area contributed by atoms with Crippen LogP contribution in [0.3, 0.4) is 0 Å². The fourth-order valence-corrected chi connectivity index (χ4v) is 1.19. The number of nitrogen functional groups attached to an aromatic ring is 1. The Bertz CT molecular complexity index is 505. The average Bonchev–Trinajstić information content (AvgIpc) is 2.63. The van der Waals surface area contributed by atoms with Crippen molar-refractivity contribution in [2.45, 2.75) is 0 Å². The molecular weight excluding hydrogens is 194 g/mol. The van der Waals surface area contributed by atoms with Gasteiger partial charge in [-0.3, -0.25) is 4.79 Å². The van der Waals surface area contributed by atoms with E-state index in [0.717, 1.165) is 0 Å². The molecule has 2 heterocycles. The lowest BCUT2D eigenvalue weighted by Crippen LogP contribution is -2.11. The minimum absolute atomic E-state index is 0.244. The van der Waals surface area contributed by atoms with Crippen LogP contribution in [0.1, 0.15) is 16.3 Å². The first kappa shape index (κ1) is 9.32. The van der Waals surface area contributed by atoms with E-state index in [2.05, 4.69) is 15.1 Å². The highest BCUT2D eigenvalue weighted by atomic mass is 16.1. The molecule has 76 valence electrons. The van der Waals surface area contributed by atoms with Gasteiger partial charge in [-0.1, -0.05) is 6.07 Å². The molecule has 0 amide bonds. The molecule has 0 bridgehead atoms. The van der Waals surface area contributed by atoms with E-state index >= 15 is 0 Å². The number of carbonyl (C=O) groups excluding carboxylic acids is 1. The molecule has 2 rings (SSSR count). The van der Waals surface area contributed by atoms with Crippen LogP contribution in [0.15, 0.2) is 24.5 Å². The van der Waals surface area contributed by atoms with Gasteiger partial charge in [0.15, 0.2) is 0 Å². The zero-order valence-corrected chi connectivity index (χ0v) is 8.08. The molecule has 0 aliphatic heterocycles. The van der Waals surface area contributed by atoms with E-state index < -0.39 is 0 Å². The molecular formula is C9H9N5O. The third kappa shape index (κ3) is 1.69. The number of hydrogen-bond donors (Lipinski definition) is 1. The summed E-state index contributed by atoms with van der Waals surface area (Å²) in [5.41, 5.74) is 5.75. The van der Waals surface area contributed by atoms with Crippen LogP contribution in [0, 0.1) is 0 Å². The van der Waals surface area contributed by atoms with Crippen LogP contribution in [-0.2, 0) is 7.05 Å². The van der Waals surface area contributed by atoms with Gasteiger partial charge in [-0.05, 0) is 12.1 Å². The van der Waals surface area contributed by atoms with Crippen molar-refractivity contribution >= 4 is 11.6 Å². The summed E-state index contributed by atoms with van der Waals surface area (Å²) in [5, 5.41) is 3.81. The van der Waals surface area contributed by atoms with Gasteiger partial charge < -0.3 is 5.73 Å². The molecule has 0 radical (unpaired) electrons. The minimum atomic E-state index is -0.290. The van der Waals surface area contributed by atoms with Gasteiger partial charge >= 0.3 is 0 Å². The second-order valence-electron chi connectivity index (χ2n) is 2.98. The predicted molar refractivity (Wildman–Crippen MR) is 53.1 cm³/mol. The molecule has 0 aliphatic carbocycles. The molecule has 6 nitrogen and oxygen atoms in total. The Balaban J connectivity index is 2.41. The van der Waals surface area contributed by atoms with Gasteiger partial charge in [-0.15, -0.1) is 0 Å². The third-order valence-corrected chi connectivity index (χ3v) is 1.92. The highest BCUT2D eigenvalue weighted by Gasteiger charge is 2.15. The van der Waals surface area contributed by atoms with E-state index in [4.69, 9.17) is 5.73 Å². The molecule has 2 N–H and O–H groups in total. The number of aromatic nitrogens is 4. The van der Waals surface area contributed by atoms with Crippen molar-refractivity contribution in [1.29, 1.82) is 0 Å². The van der Waals surface area contributed by atoms with Gasteiger partial charge in [-0.25, -0.2) is 14.6 Å². The molecule has 0 unspecified atom stereocenters. The molecule has 0 fully saturated rings. The van der Waals surface area contributed by atoms with Gasteiger partial charge in [0.25, 0.3) is 0 Å². The van der Waals surface area contributed by atoms with E-state index in [-0.39, 0.29) is 17.3 Å². The lowest BCUT2D eigenvalue weighted by molar-refractivity contribution is 0.102. The van der Waals surface area contributed by atoms with Gasteiger partial charge in [-0.2, -0.15) is 5.10 Å². The monoisotopic (exact) mass is 203 g/mol. The summed E-state index contributed by atoms with van der Waals surface area (Å²) >= 11 is 0. The lowest BCUT2D eigenvalue weighted by atomic mass is 10.2. The Labute approximate surface area is 85.8 Å². The largest absolute Gasteiger partial charge is 0.384 e. The summed E-state index contributed by atoms with van der Waals surface area (Å²) in [7, 11) is 1.65. The Hall–Kier alpha value is -2.24. The number of ketones is 1. The van der Waals surface area contributed by atoms with Crippen LogP contribution in [-0.4, -0.2) is 25.5 Å². The van der Waals surface area contributed by atoms with Crippen LogP contribution in [0.25, 0.3) is 0 Å². The fraction of sp³-hybridized carbons (Fsp3) is 0.111. The molecule has 0 spiro atoms. The van der Waals surface area contributed by atoms with Crippen molar-refractivity contribution in [1.82, 2.24) is 19.7 Å². The maximum atomic E-state index is 11.8. The normalized spacial score (nSPS) is 10.2. The van der Waals surface area contributed by atoms with E-state index in [1.165, 1.54) is 11.0 Å². The highest BCUT2D eigenvalue weighted by molar-refractivity contribution is 6.05. The first-order valence-corrected chi connectivity index (χ1v) is 4.29. The maximum absolute atomic E-state index is 11.8. The van der Waals surface area contributed by atoms with Gasteiger partial charge in [0.1, 0.15) is 17.8 Å². The van der Waals surface area contributed by atoms with E-state index in [9.17, 15) is 4.79 Å². The summed E-state index contributed by atoms with van der Waals surface area (Å²) < 4.78 is 1.40. The van der Waals surface area contributed by atoms with E-state index in [1.54, 1.807) is 25.2 Å². The summed E-state index contributed by atoms with van der Waals surface area (Å²) in [6, 6.07) is 4.88. The van der Waals surface area contributed by atoms with Crippen LogP contribution < -0.4 is 5.73 Å². The number of rotatable bonds is 2. The number of pyridine rings is 1. The van der Waals surface area contributed by atoms with Crippen LogP contribution in [0.4, 0.5) is 5.82 Å². The molecule has 15 heavy (non-hydrogen) atoms. The predicted octanol–water partition coefficient (Wildman–Crippen LogP) is 0.0233. The molecule has 2 aromatic heterocycles. The second-order valence-corrected chi connectivity index (χ2v) is 2.98. The van der Waals surface area contributed by atoms with Crippen LogP contribution in [0.2, 0.25) is 0 Å². The number of nitrogens with zero attached hydrogens (tertiary/aromatic N) is 4. The molecule has 0 aliphatic rings. The average molecular weight is 203 g/mol. The zero-order valence-electron chi connectivity index (χ0n) is 8.08. The van der Waals surface area contributed by atoms with Crippen molar-refractivity contribution < 1.29 is 4.79 Å². The fourth-order valence-electron chi connectivity index (χ4n) is 1.19. The topological polar surface area (TPSA) is 86.7 Å². The quantitative estimate of drug-likeness (QED) is 0.695. The Morgan fingerprint density at radius 1 is 1.47 bits per heavy atom. The molecule has 0 atom stereocenters. The standard InChI is InChI=1S/C9H9N5O/c1-14-9(11-5-12-14)8(15)6-3-2-4-7(10)13-6/h2-5H,1H3,(H2,10,13). The number of nitrogens with two attached hydrogens (primary N) is 1. The van der Waals surface area contributed by atoms with Gasteiger partial charge in [0.05, 0.1) is 0 Å². The Morgan fingerprint density at radius 2 is 2.27 bits per heavy atom. The van der Waals surface area contributed by atoms with Crippen molar-refractivity contribution in [3.8, 4) is 0 Å². The maximum Gasteiger partial charge on any atom is 0.248 e. The smallest absolute Gasteiger partial charge is 0.248 e. The summed E-state index contributed by atoms with van der Waals surface area (Å²) in [6.07, 6.45) is 1.32. The zero-order chi connectivity index (χ0) is 10.8. The SMILES string of the molecule is Cn1ncnc1C(=O)c1cccc(N)n1. The van der Waals surface area contributed by atoms with Crippen molar-refractivity contribution in [3.05, 3.63) is 36.0 Å². The highest BCUT2D eigenvalue weighted by Crippen LogP contribution is 2.05. The lowest BCUT2D eigenvalue weighted by Gasteiger charge is -1.99. The van der Waals surface area contributed by atoms with Crippen LogP contribution >= 0.6 is 0 Å². The van der Waals surface area contributed by atoms with E-state index in [1.807, 2.05) is 0 Å². The molecule has 6 heteroatoms. The first-order valence-electron chi connectivity index (χ1n) is 4.29. The second kappa shape index (κ2) is 3.49. The van der Waals surface area contributed by atoms with Gasteiger partial charge in [0.2, 0.25) is 11.6 Å².